The lowest BCUT2D eigenvalue weighted by molar-refractivity contribution is 0.411. The summed E-state index contributed by atoms with van der Waals surface area (Å²) in [4.78, 5) is 11.6. The molecule has 98 valence electrons. The minimum atomic E-state index is 0.689. The summed E-state index contributed by atoms with van der Waals surface area (Å²) in [6, 6.07) is 0. The average Bonchev–Trinajstić information content (AvgIpc) is 3.24. The Bertz CT molecular complexity index is 420. The topological polar surface area (TPSA) is 55.0 Å². The van der Waals surface area contributed by atoms with Crippen LogP contribution in [0.3, 0.4) is 0 Å². The molecule has 1 saturated heterocycles. The molecule has 0 spiro atoms. The van der Waals surface area contributed by atoms with Gasteiger partial charge >= 0.3 is 0 Å². The molecule has 1 saturated carbocycles. The van der Waals surface area contributed by atoms with Crippen molar-refractivity contribution in [1.82, 2.24) is 9.97 Å². The van der Waals surface area contributed by atoms with Gasteiger partial charge in [-0.3, -0.25) is 0 Å². The third-order valence-corrected chi connectivity index (χ3v) is 4.19. The molecule has 18 heavy (non-hydrogen) atoms. The molecular weight excluding hydrogens is 224 g/mol. The summed E-state index contributed by atoms with van der Waals surface area (Å²) in [5.74, 6) is 2.32. The van der Waals surface area contributed by atoms with Crippen molar-refractivity contribution >= 4 is 5.95 Å². The minimum Gasteiger partial charge on any atom is -0.341 e. The molecule has 1 aliphatic carbocycles. The first-order valence-corrected chi connectivity index (χ1v) is 7.06. The van der Waals surface area contributed by atoms with Crippen LogP contribution in [-0.4, -0.2) is 29.6 Å². The van der Waals surface area contributed by atoms with E-state index >= 15 is 0 Å². The first-order valence-electron chi connectivity index (χ1n) is 7.06. The van der Waals surface area contributed by atoms with Gasteiger partial charge < -0.3 is 10.6 Å². The molecule has 0 aromatic carbocycles. The lowest BCUT2D eigenvalue weighted by Crippen LogP contribution is -2.37. The summed E-state index contributed by atoms with van der Waals surface area (Å²) in [7, 11) is 0. The summed E-state index contributed by atoms with van der Waals surface area (Å²) >= 11 is 0. The predicted octanol–water partition coefficient (Wildman–Crippen LogP) is 1.84. The van der Waals surface area contributed by atoms with E-state index in [2.05, 4.69) is 16.8 Å². The quantitative estimate of drug-likeness (QED) is 0.884. The Labute approximate surface area is 109 Å². The lowest BCUT2D eigenvalue weighted by atomic mass is 9.97. The molecular formula is C14H22N4. The van der Waals surface area contributed by atoms with Crippen molar-refractivity contribution in [3.63, 3.8) is 0 Å². The second-order valence-corrected chi connectivity index (χ2v) is 5.68. The number of aryl methyl sites for hydroxylation is 1. The number of rotatable bonds is 3. The molecule has 1 aromatic rings. The van der Waals surface area contributed by atoms with Gasteiger partial charge in [-0.1, -0.05) is 0 Å². The molecule has 2 aliphatic rings. The number of piperidine rings is 1. The van der Waals surface area contributed by atoms with Crippen LogP contribution in [0.25, 0.3) is 0 Å². The van der Waals surface area contributed by atoms with Crippen LogP contribution >= 0.6 is 0 Å². The van der Waals surface area contributed by atoms with E-state index in [0.717, 1.165) is 25.6 Å². The van der Waals surface area contributed by atoms with Crippen molar-refractivity contribution in [3.05, 3.63) is 17.5 Å². The Morgan fingerprint density at radius 3 is 2.61 bits per heavy atom. The van der Waals surface area contributed by atoms with Gasteiger partial charge in [0.05, 0.1) is 5.69 Å². The number of anilines is 1. The van der Waals surface area contributed by atoms with Gasteiger partial charge in [-0.25, -0.2) is 9.97 Å². The molecule has 1 aliphatic heterocycles. The Balaban J connectivity index is 1.74. The van der Waals surface area contributed by atoms with Gasteiger partial charge in [0.2, 0.25) is 5.95 Å². The molecule has 1 aromatic heterocycles. The van der Waals surface area contributed by atoms with Gasteiger partial charge in [0, 0.05) is 25.2 Å². The van der Waals surface area contributed by atoms with E-state index in [-0.39, 0.29) is 0 Å². The molecule has 0 unspecified atom stereocenters. The Kier molecular flexibility index (Phi) is 3.20. The van der Waals surface area contributed by atoms with Gasteiger partial charge in [-0.05, 0) is 50.6 Å². The van der Waals surface area contributed by atoms with Crippen molar-refractivity contribution in [2.24, 2.45) is 11.7 Å². The van der Waals surface area contributed by atoms with Crippen molar-refractivity contribution in [2.45, 2.75) is 38.5 Å². The zero-order valence-corrected chi connectivity index (χ0v) is 11.1. The molecule has 4 heteroatoms. The summed E-state index contributed by atoms with van der Waals surface area (Å²) < 4.78 is 0. The molecule has 2 heterocycles. The fraction of sp³-hybridized carbons (Fsp3) is 0.714. The van der Waals surface area contributed by atoms with Gasteiger partial charge in [-0.15, -0.1) is 0 Å². The second kappa shape index (κ2) is 4.84. The molecule has 0 amide bonds. The number of nitrogens with two attached hydrogens (primary N) is 1. The third-order valence-electron chi connectivity index (χ3n) is 4.19. The molecule has 0 bridgehead atoms. The van der Waals surface area contributed by atoms with E-state index < -0.39 is 0 Å². The number of hydrogen-bond donors (Lipinski definition) is 1. The van der Waals surface area contributed by atoms with E-state index in [1.165, 1.54) is 36.9 Å². The van der Waals surface area contributed by atoms with Crippen LogP contribution < -0.4 is 10.6 Å². The Hall–Kier alpha value is -1.16. The van der Waals surface area contributed by atoms with Gasteiger partial charge in [0.15, 0.2) is 0 Å². The maximum absolute atomic E-state index is 5.73. The van der Waals surface area contributed by atoms with E-state index in [0.29, 0.717) is 11.8 Å². The molecule has 2 N–H and O–H groups in total. The molecule has 4 nitrogen and oxygen atoms in total. The second-order valence-electron chi connectivity index (χ2n) is 5.68. The van der Waals surface area contributed by atoms with Crippen LogP contribution in [0.5, 0.6) is 0 Å². The summed E-state index contributed by atoms with van der Waals surface area (Å²) in [6.07, 6.45) is 6.93. The third kappa shape index (κ3) is 2.34. The average molecular weight is 246 g/mol. The van der Waals surface area contributed by atoms with Crippen LogP contribution in [0.15, 0.2) is 6.20 Å². The highest BCUT2D eigenvalue weighted by atomic mass is 15.3. The van der Waals surface area contributed by atoms with Crippen LogP contribution in [-0.2, 0) is 0 Å². The van der Waals surface area contributed by atoms with Gasteiger partial charge in [0.25, 0.3) is 0 Å². The first kappa shape index (κ1) is 11.9. The van der Waals surface area contributed by atoms with Crippen molar-refractivity contribution in [1.29, 1.82) is 0 Å². The van der Waals surface area contributed by atoms with Crippen molar-refractivity contribution in [2.75, 3.05) is 24.5 Å². The molecule has 0 atom stereocenters. The van der Waals surface area contributed by atoms with Gasteiger partial charge in [0.1, 0.15) is 0 Å². The molecule has 3 rings (SSSR count). The van der Waals surface area contributed by atoms with Crippen LogP contribution in [0.4, 0.5) is 5.95 Å². The number of nitrogens with zero attached hydrogens (tertiary/aromatic N) is 3. The van der Waals surface area contributed by atoms with E-state index in [9.17, 15) is 0 Å². The van der Waals surface area contributed by atoms with E-state index in [1.54, 1.807) is 0 Å². The lowest BCUT2D eigenvalue weighted by Gasteiger charge is -2.31. The maximum atomic E-state index is 5.73. The predicted molar refractivity (Wildman–Crippen MR) is 72.7 cm³/mol. The van der Waals surface area contributed by atoms with Crippen molar-refractivity contribution in [3.8, 4) is 0 Å². The Morgan fingerprint density at radius 2 is 2.00 bits per heavy atom. The van der Waals surface area contributed by atoms with Crippen LogP contribution in [0, 0.1) is 12.8 Å². The maximum Gasteiger partial charge on any atom is 0.225 e. The highest BCUT2D eigenvalue weighted by molar-refractivity contribution is 5.35. The smallest absolute Gasteiger partial charge is 0.225 e. The molecule has 2 fully saturated rings. The standard InChI is InChI=1S/C14H22N4/c1-10-9-16-14(17-13(10)12-2-3-12)18-6-4-11(8-15)5-7-18/h9,11-12H,2-8,15H2,1H3. The number of hydrogen-bond acceptors (Lipinski definition) is 4. The summed E-state index contributed by atoms with van der Waals surface area (Å²) in [5, 5.41) is 0. The monoisotopic (exact) mass is 246 g/mol. The van der Waals surface area contributed by atoms with Crippen molar-refractivity contribution < 1.29 is 0 Å². The Morgan fingerprint density at radius 1 is 1.28 bits per heavy atom. The normalized spacial score (nSPS) is 21.3. The van der Waals surface area contributed by atoms with Gasteiger partial charge in [-0.2, -0.15) is 0 Å². The van der Waals surface area contributed by atoms with Crippen LogP contribution in [0.1, 0.15) is 42.9 Å². The zero-order chi connectivity index (χ0) is 12.5. The first-order chi connectivity index (χ1) is 8.78. The molecule has 0 radical (unpaired) electrons. The largest absolute Gasteiger partial charge is 0.341 e. The number of aromatic nitrogens is 2. The fourth-order valence-electron chi connectivity index (χ4n) is 2.74. The highest BCUT2D eigenvalue weighted by Gasteiger charge is 2.28. The van der Waals surface area contributed by atoms with E-state index in [4.69, 9.17) is 10.7 Å². The van der Waals surface area contributed by atoms with Crippen LogP contribution in [0.2, 0.25) is 0 Å². The SMILES string of the molecule is Cc1cnc(N2CCC(CN)CC2)nc1C1CC1. The highest BCUT2D eigenvalue weighted by Crippen LogP contribution is 2.40. The minimum absolute atomic E-state index is 0.689. The van der Waals surface area contributed by atoms with E-state index in [1.807, 2.05) is 6.20 Å². The zero-order valence-electron chi connectivity index (χ0n) is 11.1. The summed E-state index contributed by atoms with van der Waals surface area (Å²) in [6.45, 7) is 5.04. The fourth-order valence-corrected chi connectivity index (χ4v) is 2.74. The summed E-state index contributed by atoms with van der Waals surface area (Å²) in [5.41, 5.74) is 8.26.